The van der Waals surface area contributed by atoms with Crippen LogP contribution in [0, 0.1) is 0 Å². The van der Waals surface area contributed by atoms with Crippen LogP contribution in [-0.2, 0) is 6.54 Å². The van der Waals surface area contributed by atoms with Crippen LogP contribution < -0.4 is 5.32 Å². The average molecular weight is 280 g/mol. The van der Waals surface area contributed by atoms with Crippen LogP contribution in [0.1, 0.15) is 24.1 Å². The molecule has 0 saturated heterocycles. The summed E-state index contributed by atoms with van der Waals surface area (Å²) >= 11 is 11.9. The van der Waals surface area contributed by atoms with Crippen molar-refractivity contribution in [3.05, 3.63) is 69.7 Å². The molecule has 0 aliphatic heterocycles. The van der Waals surface area contributed by atoms with Crippen LogP contribution in [0.15, 0.2) is 48.5 Å². The second-order valence-electron chi connectivity index (χ2n) is 4.26. The summed E-state index contributed by atoms with van der Waals surface area (Å²) in [6, 6.07) is 16.4. The van der Waals surface area contributed by atoms with Crippen molar-refractivity contribution in [3.63, 3.8) is 0 Å². The molecule has 0 saturated carbocycles. The molecular weight excluding hydrogens is 265 g/mol. The van der Waals surface area contributed by atoms with E-state index in [4.69, 9.17) is 23.2 Å². The SMILES string of the molecule is C[C@@H](NCc1ccc(Cl)c(Cl)c1)c1ccccc1. The van der Waals surface area contributed by atoms with Crippen molar-refractivity contribution in [2.75, 3.05) is 0 Å². The average Bonchev–Trinajstić information content (AvgIpc) is 2.41. The molecule has 0 fully saturated rings. The van der Waals surface area contributed by atoms with Crippen LogP contribution in [0.4, 0.5) is 0 Å². The molecule has 1 nitrogen and oxygen atoms in total. The van der Waals surface area contributed by atoms with Crippen molar-refractivity contribution in [1.29, 1.82) is 0 Å². The predicted octanol–water partition coefficient (Wildman–Crippen LogP) is 4.84. The van der Waals surface area contributed by atoms with Crippen LogP contribution in [0.5, 0.6) is 0 Å². The first kappa shape index (κ1) is 13.4. The van der Waals surface area contributed by atoms with Gasteiger partial charge in [-0.3, -0.25) is 0 Å². The number of hydrogen-bond acceptors (Lipinski definition) is 1. The normalized spacial score (nSPS) is 12.4. The molecule has 3 heteroatoms. The molecule has 94 valence electrons. The van der Waals surface area contributed by atoms with E-state index in [0.29, 0.717) is 16.1 Å². The van der Waals surface area contributed by atoms with Gasteiger partial charge in [-0.05, 0) is 30.2 Å². The first-order chi connectivity index (χ1) is 8.66. The van der Waals surface area contributed by atoms with Crippen molar-refractivity contribution in [1.82, 2.24) is 5.32 Å². The lowest BCUT2D eigenvalue weighted by atomic mass is 10.1. The Hall–Kier alpha value is -1.02. The minimum Gasteiger partial charge on any atom is -0.306 e. The number of hydrogen-bond donors (Lipinski definition) is 1. The number of rotatable bonds is 4. The molecular formula is C15H15Cl2N. The lowest BCUT2D eigenvalue weighted by Crippen LogP contribution is -2.17. The number of benzene rings is 2. The van der Waals surface area contributed by atoms with E-state index in [9.17, 15) is 0 Å². The Kier molecular flexibility index (Phi) is 4.65. The van der Waals surface area contributed by atoms with E-state index in [0.717, 1.165) is 12.1 Å². The molecule has 0 aliphatic rings. The molecule has 0 bridgehead atoms. The Morgan fingerprint density at radius 3 is 2.39 bits per heavy atom. The predicted molar refractivity (Wildman–Crippen MR) is 78.2 cm³/mol. The van der Waals surface area contributed by atoms with Gasteiger partial charge in [0.2, 0.25) is 0 Å². The first-order valence-corrected chi connectivity index (χ1v) is 6.64. The van der Waals surface area contributed by atoms with E-state index < -0.39 is 0 Å². The molecule has 2 rings (SSSR count). The Bertz CT molecular complexity index is 511. The quantitative estimate of drug-likeness (QED) is 0.844. The molecule has 2 aromatic carbocycles. The van der Waals surface area contributed by atoms with E-state index in [1.54, 1.807) is 0 Å². The fourth-order valence-electron chi connectivity index (χ4n) is 1.78. The van der Waals surface area contributed by atoms with Crippen molar-refractivity contribution < 1.29 is 0 Å². The maximum Gasteiger partial charge on any atom is 0.0595 e. The zero-order valence-corrected chi connectivity index (χ0v) is 11.7. The molecule has 1 N–H and O–H groups in total. The zero-order valence-electron chi connectivity index (χ0n) is 10.2. The van der Waals surface area contributed by atoms with Gasteiger partial charge in [0.05, 0.1) is 10.0 Å². The Morgan fingerprint density at radius 1 is 1.00 bits per heavy atom. The summed E-state index contributed by atoms with van der Waals surface area (Å²) in [7, 11) is 0. The topological polar surface area (TPSA) is 12.0 Å². The van der Waals surface area contributed by atoms with Crippen molar-refractivity contribution in [2.45, 2.75) is 19.5 Å². The maximum atomic E-state index is 5.99. The van der Waals surface area contributed by atoms with Crippen LogP contribution >= 0.6 is 23.2 Å². The Labute approximate surface area is 118 Å². The van der Waals surface area contributed by atoms with Gasteiger partial charge in [0.25, 0.3) is 0 Å². The number of nitrogens with one attached hydrogen (secondary N) is 1. The molecule has 0 unspecified atom stereocenters. The minimum atomic E-state index is 0.306. The van der Waals surface area contributed by atoms with Gasteiger partial charge in [0, 0.05) is 12.6 Å². The van der Waals surface area contributed by atoms with Gasteiger partial charge >= 0.3 is 0 Å². The number of halogens is 2. The highest BCUT2D eigenvalue weighted by Crippen LogP contribution is 2.23. The van der Waals surface area contributed by atoms with Gasteiger partial charge in [-0.2, -0.15) is 0 Å². The highest BCUT2D eigenvalue weighted by molar-refractivity contribution is 6.42. The van der Waals surface area contributed by atoms with E-state index >= 15 is 0 Å². The third-order valence-corrected chi connectivity index (χ3v) is 3.63. The van der Waals surface area contributed by atoms with Gasteiger partial charge in [0.15, 0.2) is 0 Å². The van der Waals surface area contributed by atoms with E-state index in [-0.39, 0.29) is 0 Å². The monoisotopic (exact) mass is 279 g/mol. The summed E-state index contributed by atoms with van der Waals surface area (Å²) in [6.45, 7) is 2.92. The zero-order chi connectivity index (χ0) is 13.0. The van der Waals surface area contributed by atoms with Crippen molar-refractivity contribution in [3.8, 4) is 0 Å². The Morgan fingerprint density at radius 2 is 1.72 bits per heavy atom. The Balaban J connectivity index is 1.97. The maximum absolute atomic E-state index is 5.99. The standard InChI is InChI=1S/C15H15Cl2N/c1-11(13-5-3-2-4-6-13)18-10-12-7-8-14(16)15(17)9-12/h2-9,11,18H,10H2,1H3/t11-/m1/s1. The molecule has 0 aromatic heterocycles. The molecule has 0 aliphatic carbocycles. The van der Waals surface area contributed by atoms with Crippen LogP contribution in [0.25, 0.3) is 0 Å². The molecule has 0 heterocycles. The highest BCUT2D eigenvalue weighted by Gasteiger charge is 2.05. The van der Waals surface area contributed by atoms with Gasteiger partial charge in [0.1, 0.15) is 0 Å². The smallest absolute Gasteiger partial charge is 0.0595 e. The van der Waals surface area contributed by atoms with Gasteiger partial charge < -0.3 is 5.32 Å². The van der Waals surface area contributed by atoms with Gasteiger partial charge in [-0.25, -0.2) is 0 Å². The van der Waals surface area contributed by atoms with Crippen LogP contribution in [-0.4, -0.2) is 0 Å². The van der Waals surface area contributed by atoms with Crippen molar-refractivity contribution in [2.24, 2.45) is 0 Å². The second kappa shape index (κ2) is 6.24. The van der Waals surface area contributed by atoms with E-state index in [1.807, 2.05) is 36.4 Å². The fraction of sp³-hybridized carbons (Fsp3) is 0.200. The second-order valence-corrected chi connectivity index (χ2v) is 5.08. The lowest BCUT2D eigenvalue weighted by molar-refractivity contribution is 0.575. The third-order valence-electron chi connectivity index (χ3n) is 2.90. The van der Waals surface area contributed by atoms with Gasteiger partial charge in [-0.1, -0.05) is 59.6 Å². The third kappa shape index (κ3) is 3.49. The van der Waals surface area contributed by atoms with E-state index in [1.165, 1.54) is 5.56 Å². The molecule has 0 radical (unpaired) electrons. The molecule has 1 atom stereocenters. The summed E-state index contributed by atoms with van der Waals surface area (Å²) in [5.74, 6) is 0. The largest absolute Gasteiger partial charge is 0.306 e. The molecule has 0 amide bonds. The van der Waals surface area contributed by atoms with Crippen LogP contribution in [0.2, 0.25) is 10.0 Å². The summed E-state index contributed by atoms with van der Waals surface area (Å²) in [4.78, 5) is 0. The summed E-state index contributed by atoms with van der Waals surface area (Å²) in [5.41, 5.74) is 2.41. The summed E-state index contributed by atoms with van der Waals surface area (Å²) in [5, 5.41) is 4.65. The molecule has 18 heavy (non-hydrogen) atoms. The highest BCUT2D eigenvalue weighted by atomic mass is 35.5. The van der Waals surface area contributed by atoms with Gasteiger partial charge in [-0.15, -0.1) is 0 Å². The molecule has 0 spiro atoms. The first-order valence-electron chi connectivity index (χ1n) is 5.89. The summed E-state index contributed by atoms with van der Waals surface area (Å²) < 4.78 is 0. The van der Waals surface area contributed by atoms with E-state index in [2.05, 4.69) is 24.4 Å². The van der Waals surface area contributed by atoms with Crippen molar-refractivity contribution >= 4 is 23.2 Å². The summed E-state index contributed by atoms with van der Waals surface area (Å²) in [6.07, 6.45) is 0. The molecule has 2 aromatic rings. The minimum absolute atomic E-state index is 0.306. The fourth-order valence-corrected chi connectivity index (χ4v) is 2.10. The lowest BCUT2D eigenvalue weighted by Gasteiger charge is -2.14. The van der Waals surface area contributed by atoms with Crippen LogP contribution in [0.3, 0.4) is 0 Å².